The smallest absolute Gasteiger partial charge is 0.338 e. The van der Waals surface area contributed by atoms with E-state index in [2.05, 4.69) is 4.98 Å². The lowest BCUT2D eigenvalue weighted by molar-refractivity contribution is -0.115. The summed E-state index contributed by atoms with van der Waals surface area (Å²) in [5.41, 5.74) is 5.01. The van der Waals surface area contributed by atoms with Crippen LogP contribution in [0.3, 0.4) is 0 Å². The molecule has 0 radical (unpaired) electrons. The monoisotopic (exact) mass is 212 g/mol. The first kappa shape index (κ1) is 10.5. The number of carboxylic acids is 1. The van der Waals surface area contributed by atoms with Gasteiger partial charge in [0.1, 0.15) is 5.03 Å². The van der Waals surface area contributed by atoms with E-state index < -0.39 is 11.9 Å². The van der Waals surface area contributed by atoms with Crippen LogP contribution in [0.25, 0.3) is 0 Å². The molecule has 1 rings (SSSR count). The predicted octanol–water partition coefficient (Wildman–Crippen LogP) is 0.357. The minimum Gasteiger partial charge on any atom is -0.478 e. The van der Waals surface area contributed by atoms with Crippen LogP contribution >= 0.6 is 11.8 Å². The van der Waals surface area contributed by atoms with Crippen molar-refractivity contribution in [3.05, 3.63) is 23.9 Å². The Bertz CT molecular complexity index is 367. The van der Waals surface area contributed by atoms with Crippen molar-refractivity contribution in [3.8, 4) is 0 Å². The van der Waals surface area contributed by atoms with Crippen molar-refractivity contribution >= 4 is 23.6 Å². The Labute approximate surface area is 84.3 Å². The van der Waals surface area contributed by atoms with Gasteiger partial charge in [0.05, 0.1) is 11.3 Å². The van der Waals surface area contributed by atoms with E-state index >= 15 is 0 Å². The number of hydrogen-bond acceptors (Lipinski definition) is 4. The molecule has 0 bridgehead atoms. The summed E-state index contributed by atoms with van der Waals surface area (Å²) in [6.07, 6.45) is 1.47. The van der Waals surface area contributed by atoms with E-state index in [9.17, 15) is 9.59 Å². The molecule has 0 spiro atoms. The molecule has 0 unspecified atom stereocenters. The minimum absolute atomic E-state index is 0.0251. The van der Waals surface area contributed by atoms with Crippen LogP contribution in [0.2, 0.25) is 0 Å². The lowest BCUT2D eigenvalue weighted by Crippen LogP contribution is -2.13. The van der Waals surface area contributed by atoms with Gasteiger partial charge in [-0.15, -0.1) is 0 Å². The molecule has 0 aliphatic carbocycles. The maximum absolute atomic E-state index is 10.7. The number of nitrogens with zero attached hydrogens (tertiary/aromatic N) is 1. The van der Waals surface area contributed by atoms with Crippen molar-refractivity contribution in [3.63, 3.8) is 0 Å². The van der Waals surface area contributed by atoms with Crippen molar-refractivity contribution < 1.29 is 14.7 Å². The van der Waals surface area contributed by atoms with Gasteiger partial charge in [0.15, 0.2) is 0 Å². The molecule has 14 heavy (non-hydrogen) atoms. The Morgan fingerprint density at radius 1 is 1.57 bits per heavy atom. The molecule has 0 saturated heterocycles. The molecule has 0 fully saturated rings. The van der Waals surface area contributed by atoms with Gasteiger partial charge in [-0.05, 0) is 12.1 Å². The second-order valence-electron chi connectivity index (χ2n) is 2.42. The number of pyridine rings is 1. The predicted molar refractivity (Wildman–Crippen MR) is 51.1 cm³/mol. The van der Waals surface area contributed by atoms with Gasteiger partial charge >= 0.3 is 5.97 Å². The first-order chi connectivity index (χ1) is 6.61. The summed E-state index contributed by atoms with van der Waals surface area (Å²) in [4.78, 5) is 25.0. The summed E-state index contributed by atoms with van der Waals surface area (Å²) in [6, 6.07) is 2.95. The molecular weight excluding hydrogens is 204 g/mol. The zero-order chi connectivity index (χ0) is 10.6. The number of carboxylic acid groups (broad SMARTS) is 1. The summed E-state index contributed by atoms with van der Waals surface area (Å²) in [6.45, 7) is 0. The van der Waals surface area contributed by atoms with E-state index in [1.165, 1.54) is 18.3 Å². The summed E-state index contributed by atoms with van der Waals surface area (Å²) < 4.78 is 0. The van der Waals surface area contributed by atoms with Crippen molar-refractivity contribution in [2.24, 2.45) is 5.73 Å². The maximum Gasteiger partial charge on any atom is 0.338 e. The van der Waals surface area contributed by atoms with Crippen molar-refractivity contribution in [2.75, 3.05) is 5.75 Å². The Balaban J connectivity index is 2.84. The van der Waals surface area contributed by atoms with Crippen LogP contribution in [0.1, 0.15) is 10.4 Å². The molecule has 6 heteroatoms. The van der Waals surface area contributed by atoms with Crippen LogP contribution in [0.5, 0.6) is 0 Å². The zero-order valence-corrected chi connectivity index (χ0v) is 7.95. The van der Waals surface area contributed by atoms with Crippen molar-refractivity contribution in [1.82, 2.24) is 4.98 Å². The third-order valence-corrected chi connectivity index (χ3v) is 2.38. The Morgan fingerprint density at radius 2 is 2.29 bits per heavy atom. The van der Waals surface area contributed by atoms with Gasteiger partial charge in [-0.3, -0.25) is 4.79 Å². The lowest BCUT2D eigenvalue weighted by atomic mass is 10.3. The number of rotatable bonds is 4. The third-order valence-electron chi connectivity index (χ3n) is 1.35. The fraction of sp³-hybridized carbons (Fsp3) is 0.125. The van der Waals surface area contributed by atoms with E-state index in [4.69, 9.17) is 10.8 Å². The molecule has 1 amide bonds. The molecule has 74 valence electrons. The summed E-state index contributed by atoms with van der Waals surface area (Å²) in [5.74, 6) is -1.54. The fourth-order valence-electron chi connectivity index (χ4n) is 0.808. The molecule has 0 aromatic carbocycles. The summed E-state index contributed by atoms with van der Waals surface area (Å²) in [7, 11) is 0. The van der Waals surface area contributed by atoms with E-state index in [1.807, 2.05) is 0 Å². The van der Waals surface area contributed by atoms with Crippen molar-refractivity contribution in [2.45, 2.75) is 5.03 Å². The van der Waals surface area contributed by atoms with E-state index in [0.717, 1.165) is 11.8 Å². The highest BCUT2D eigenvalue weighted by molar-refractivity contribution is 8.00. The third kappa shape index (κ3) is 2.74. The Hall–Kier alpha value is -1.56. The quantitative estimate of drug-likeness (QED) is 0.703. The van der Waals surface area contributed by atoms with E-state index in [0.29, 0.717) is 5.03 Å². The van der Waals surface area contributed by atoms with Crippen LogP contribution in [-0.4, -0.2) is 27.7 Å². The molecule has 0 atom stereocenters. The van der Waals surface area contributed by atoms with Gasteiger partial charge in [-0.25, -0.2) is 9.78 Å². The number of aromatic nitrogens is 1. The number of carbonyl (C=O) groups excluding carboxylic acids is 1. The SMILES string of the molecule is NC(=O)CSc1ncccc1C(=O)O. The van der Waals surface area contributed by atoms with Gasteiger partial charge in [0, 0.05) is 6.20 Å². The standard InChI is InChI=1S/C8H8N2O3S/c9-6(11)4-14-7-5(8(12)13)2-1-3-10-7/h1-3H,4H2,(H2,9,11)(H,12,13). The average Bonchev–Trinajstić information content (AvgIpc) is 2.15. The molecule has 1 aromatic heterocycles. The highest BCUT2D eigenvalue weighted by Crippen LogP contribution is 2.19. The number of thioether (sulfide) groups is 1. The molecule has 1 aromatic rings. The normalized spacial score (nSPS) is 9.71. The number of hydrogen-bond donors (Lipinski definition) is 2. The molecule has 1 heterocycles. The topological polar surface area (TPSA) is 93.3 Å². The number of amides is 1. The van der Waals surface area contributed by atoms with Crippen molar-refractivity contribution in [1.29, 1.82) is 0 Å². The first-order valence-corrected chi connectivity index (χ1v) is 4.69. The fourth-order valence-corrected chi connectivity index (χ4v) is 1.53. The number of carbonyl (C=O) groups is 2. The van der Waals surface area contributed by atoms with E-state index in [-0.39, 0.29) is 11.3 Å². The largest absolute Gasteiger partial charge is 0.478 e. The van der Waals surface area contributed by atoms with E-state index in [1.54, 1.807) is 0 Å². The summed E-state index contributed by atoms with van der Waals surface area (Å²) >= 11 is 1.02. The zero-order valence-electron chi connectivity index (χ0n) is 7.14. The lowest BCUT2D eigenvalue weighted by Gasteiger charge is -2.01. The second kappa shape index (κ2) is 4.61. The molecular formula is C8H8N2O3S. The number of nitrogens with two attached hydrogens (primary N) is 1. The Kier molecular flexibility index (Phi) is 3.47. The van der Waals surface area contributed by atoms with Crippen LogP contribution in [0.15, 0.2) is 23.4 Å². The Morgan fingerprint density at radius 3 is 2.86 bits per heavy atom. The number of primary amides is 1. The summed E-state index contributed by atoms with van der Waals surface area (Å²) in [5, 5.41) is 9.07. The van der Waals surface area contributed by atoms with Gasteiger partial charge in [0.2, 0.25) is 5.91 Å². The van der Waals surface area contributed by atoms with Gasteiger partial charge < -0.3 is 10.8 Å². The molecule has 3 N–H and O–H groups in total. The molecule has 5 nitrogen and oxygen atoms in total. The average molecular weight is 212 g/mol. The van der Waals surface area contributed by atoms with Gasteiger partial charge in [-0.2, -0.15) is 0 Å². The highest BCUT2D eigenvalue weighted by Gasteiger charge is 2.11. The van der Waals surface area contributed by atoms with Crippen LogP contribution in [0, 0.1) is 0 Å². The van der Waals surface area contributed by atoms with Gasteiger partial charge in [-0.1, -0.05) is 11.8 Å². The molecule has 0 saturated carbocycles. The highest BCUT2D eigenvalue weighted by atomic mass is 32.2. The maximum atomic E-state index is 10.7. The second-order valence-corrected chi connectivity index (χ2v) is 3.38. The van der Waals surface area contributed by atoms with Crippen LogP contribution in [0.4, 0.5) is 0 Å². The molecule has 0 aliphatic heterocycles. The van der Waals surface area contributed by atoms with Gasteiger partial charge in [0.25, 0.3) is 0 Å². The number of aromatic carboxylic acids is 1. The van der Waals surface area contributed by atoms with Crippen LogP contribution in [-0.2, 0) is 4.79 Å². The van der Waals surface area contributed by atoms with Crippen LogP contribution < -0.4 is 5.73 Å². The first-order valence-electron chi connectivity index (χ1n) is 3.70. The minimum atomic E-state index is -1.06. The molecule has 0 aliphatic rings.